The first-order chi connectivity index (χ1) is 15.3. The summed E-state index contributed by atoms with van der Waals surface area (Å²) >= 11 is 4.25. The minimum atomic E-state index is -1.08. The summed E-state index contributed by atoms with van der Waals surface area (Å²) in [6.07, 6.45) is 32.2. The lowest BCUT2D eigenvalue weighted by Crippen LogP contribution is -2.51. The Morgan fingerprint density at radius 2 is 1.16 bits per heavy atom. The minimum Gasteiger partial charge on any atom is -0.480 e. The quantitative estimate of drug-likeness (QED) is 0.167. The molecule has 0 bridgehead atoms. The summed E-state index contributed by atoms with van der Waals surface area (Å²) in [6, 6.07) is -1.01. The van der Waals surface area contributed by atoms with Crippen molar-refractivity contribution in [2.45, 2.75) is 82.9 Å². The molecule has 0 aliphatic heterocycles. The number of carboxylic acid groups (broad SMARTS) is 1. The van der Waals surface area contributed by atoms with Crippen LogP contribution in [0.25, 0.3) is 0 Å². The number of nitrogens with one attached hydrogen (secondary N) is 1. The predicted molar refractivity (Wildman–Crippen MR) is 140 cm³/mol. The second kappa shape index (κ2) is 19.4. The van der Waals surface area contributed by atoms with Gasteiger partial charge in [0.05, 0.1) is 0 Å². The molecule has 0 aromatic heterocycles. The van der Waals surface area contributed by atoms with Crippen LogP contribution in [0.3, 0.4) is 0 Å². The first kappa shape index (κ1) is 29.7. The third kappa shape index (κ3) is 18.5. The Morgan fingerprint density at radius 3 is 1.50 bits per heavy atom. The molecule has 0 aromatic rings. The fraction of sp³-hybridized carbons (Fsp3) is 0.481. The first-order valence-corrected chi connectivity index (χ1v) is 11.9. The van der Waals surface area contributed by atoms with E-state index in [0.29, 0.717) is 6.42 Å². The molecule has 178 valence electrons. The van der Waals surface area contributed by atoms with E-state index in [1.807, 2.05) is 12.2 Å². The molecule has 1 amide bonds. The second-order valence-electron chi connectivity index (χ2n) is 7.95. The highest BCUT2D eigenvalue weighted by atomic mass is 32.1. The van der Waals surface area contributed by atoms with Crippen LogP contribution in [0.4, 0.5) is 0 Å². The van der Waals surface area contributed by atoms with E-state index >= 15 is 0 Å². The summed E-state index contributed by atoms with van der Waals surface area (Å²) < 4.78 is -0.824. The number of thiol groups is 1. The molecular weight excluding hydrogens is 418 g/mol. The Bertz CT molecular complexity index is 694. The number of amides is 1. The molecular formula is C27H41NO3S. The van der Waals surface area contributed by atoms with E-state index in [2.05, 4.69) is 85.6 Å². The molecule has 0 saturated heterocycles. The Balaban J connectivity index is 3.84. The second-order valence-corrected chi connectivity index (χ2v) is 9.10. The third-order valence-corrected chi connectivity index (χ3v) is 4.65. The van der Waals surface area contributed by atoms with Crippen molar-refractivity contribution < 1.29 is 14.7 Å². The smallest absolute Gasteiger partial charge is 0.327 e. The normalized spacial score (nSPS) is 14.1. The van der Waals surface area contributed by atoms with Gasteiger partial charge in [0.1, 0.15) is 6.04 Å². The Hall–Kier alpha value is -2.27. The molecule has 32 heavy (non-hydrogen) atoms. The molecule has 5 heteroatoms. The van der Waals surface area contributed by atoms with Gasteiger partial charge in [0.15, 0.2) is 0 Å². The zero-order valence-electron chi connectivity index (χ0n) is 19.9. The van der Waals surface area contributed by atoms with Crippen molar-refractivity contribution in [1.29, 1.82) is 0 Å². The number of rotatable bonds is 17. The van der Waals surface area contributed by atoms with Crippen LogP contribution >= 0.6 is 12.6 Å². The Kier molecular flexibility index (Phi) is 18.0. The molecule has 0 radical (unpaired) electrons. The van der Waals surface area contributed by atoms with Crippen molar-refractivity contribution in [3.63, 3.8) is 0 Å². The molecule has 4 nitrogen and oxygen atoms in total. The fourth-order valence-corrected chi connectivity index (χ4v) is 2.80. The van der Waals surface area contributed by atoms with Gasteiger partial charge in [0.2, 0.25) is 5.91 Å². The molecule has 1 atom stereocenters. The summed E-state index contributed by atoms with van der Waals surface area (Å²) in [7, 11) is 0. The van der Waals surface area contributed by atoms with Crippen molar-refractivity contribution in [3.8, 4) is 0 Å². The molecule has 0 spiro atoms. The lowest BCUT2D eigenvalue weighted by molar-refractivity contribution is -0.142. The van der Waals surface area contributed by atoms with Crippen LogP contribution in [0.1, 0.15) is 72.1 Å². The zero-order chi connectivity index (χ0) is 24.1. The standard InChI is InChI=1S/C27H41NO3S/c1-4-5-6-7-8-9-10-11-12-13-14-15-16-17-18-19-20-21-22-23-24(29)28-25(26(30)31)27(2,3)32/h5-6,8-9,11-12,14-15,17-18,20-21,25,32H,4,7,10,13,16,19,22-23H2,1-3H3,(H,28,29)(H,30,31). The van der Waals surface area contributed by atoms with E-state index in [-0.39, 0.29) is 12.3 Å². The van der Waals surface area contributed by atoms with Gasteiger partial charge in [0.25, 0.3) is 0 Å². The van der Waals surface area contributed by atoms with Gasteiger partial charge in [-0.15, -0.1) is 0 Å². The SMILES string of the molecule is CCC=CCC=CCC=CCC=CCC=CCC=CCCC(=O)NC(C(=O)O)C(C)(C)S. The fourth-order valence-electron chi connectivity index (χ4n) is 2.63. The van der Waals surface area contributed by atoms with Crippen LogP contribution < -0.4 is 5.32 Å². The minimum absolute atomic E-state index is 0.260. The van der Waals surface area contributed by atoms with Crippen LogP contribution in [0.15, 0.2) is 72.9 Å². The highest BCUT2D eigenvalue weighted by Gasteiger charge is 2.33. The van der Waals surface area contributed by atoms with Crippen molar-refractivity contribution in [2.24, 2.45) is 0 Å². The Morgan fingerprint density at radius 1 is 0.781 bits per heavy atom. The number of hydrogen-bond acceptors (Lipinski definition) is 3. The van der Waals surface area contributed by atoms with Crippen LogP contribution in [-0.4, -0.2) is 27.8 Å². The molecule has 0 saturated carbocycles. The molecule has 2 N–H and O–H groups in total. The maximum absolute atomic E-state index is 11.9. The van der Waals surface area contributed by atoms with Crippen LogP contribution in [0, 0.1) is 0 Å². The van der Waals surface area contributed by atoms with Gasteiger partial charge in [-0.3, -0.25) is 4.79 Å². The molecule has 0 heterocycles. The highest BCUT2D eigenvalue weighted by Crippen LogP contribution is 2.18. The van der Waals surface area contributed by atoms with Gasteiger partial charge in [-0.1, -0.05) is 79.8 Å². The largest absolute Gasteiger partial charge is 0.480 e. The number of carbonyl (C=O) groups is 2. The van der Waals surface area contributed by atoms with Gasteiger partial charge in [-0.2, -0.15) is 12.6 Å². The van der Waals surface area contributed by atoms with Crippen LogP contribution in [0.5, 0.6) is 0 Å². The van der Waals surface area contributed by atoms with Crippen molar-refractivity contribution in [3.05, 3.63) is 72.9 Å². The zero-order valence-corrected chi connectivity index (χ0v) is 20.8. The average molecular weight is 460 g/mol. The van der Waals surface area contributed by atoms with Gasteiger partial charge in [-0.05, 0) is 58.8 Å². The molecule has 0 aliphatic carbocycles. The van der Waals surface area contributed by atoms with E-state index < -0.39 is 16.8 Å². The molecule has 0 rings (SSSR count). The van der Waals surface area contributed by atoms with Gasteiger partial charge >= 0.3 is 5.97 Å². The monoisotopic (exact) mass is 459 g/mol. The summed E-state index contributed by atoms with van der Waals surface area (Å²) in [5.74, 6) is -1.36. The summed E-state index contributed by atoms with van der Waals surface area (Å²) in [5, 5.41) is 11.7. The number of aliphatic carboxylic acids is 1. The maximum atomic E-state index is 11.9. The van der Waals surface area contributed by atoms with E-state index in [0.717, 1.165) is 38.5 Å². The van der Waals surface area contributed by atoms with Gasteiger partial charge in [0, 0.05) is 11.2 Å². The molecule has 0 fully saturated rings. The van der Waals surface area contributed by atoms with Crippen molar-refractivity contribution in [2.75, 3.05) is 0 Å². The number of carboxylic acids is 1. The summed E-state index contributed by atoms with van der Waals surface area (Å²) in [6.45, 7) is 5.48. The average Bonchev–Trinajstić information content (AvgIpc) is 2.72. The van der Waals surface area contributed by atoms with Crippen LogP contribution in [-0.2, 0) is 9.59 Å². The number of hydrogen-bond donors (Lipinski definition) is 3. The number of carbonyl (C=O) groups excluding carboxylic acids is 1. The Labute approximate surface area is 200 Å². The molecule has 1 unspecified atom stereocenters. The summed E-state index contributed by atoms with van der Waals surface area (Å²) in [4.78, 5) is 23.1. The number of allylic oxidation sites excluding steroid dienone is 12. The van der Waals surface area contributed by atoms with E-state index in [1.165, 1.54) is 0 Å². The lowest BCUT2D eigenvalue weighted by Gasteiger charge is -2.26. The predicted octanol–water partition coefficient (Wildman–Crippen LogP) is 6.74. The topological polar surface area (TPSA) is 66.4 Å². The lowest BCUT2D eigenvalue weighted by atomic mass is 10.0. The van der Waals surface area contributed by atoms with Gasteiger partial charge < -0.3 is 10.4 Å². The van der Waals surface area contributed by atoms with E-state index in [9.17, 15) is 14.7 Å². The van der Waals surface area contributed by atoms with E-state index in [1.54, 1.807) is 13.8 Å². The first-order valence-electron chi connectivity index (χ1n) is 11.4. The van der Waals surface area contributed by atoms with Crippen molar-refractivity contribution >= 4 is 24.5 Å². The van der Waals surface area contributed by atoms with Crippen LogP contribution in [0.2, 0.25) is 0 Å². The molecule has 0 aromatic carbocycles. The maximum Gasteiger partial charge on any atom is 0.327 e. The molecule has 0 aliphatic rings. The van der Waals surface area contributed by atoms with Gasteiger partial charge in [-0.25, -0.2) is 4.79 Å². The highest BCUT2D eigenvalue weighted by molar-refractivity contribution is 7.81. The van der Waals surface area contributed by atoms with E-state index in [4.69, 9.17) is 0 Å². The van der Waals surface area contributed by atoms with Crippen molar-refractivity contribution in [1.82, 2.24) is 5.32 Å². The third-order valence-electron chi connectivity index (χ3n) is 4.39. The summed E-state index contributed by atoms with van der Waals surface area (Å²) in [5.41, 5.74) is 0.